The highest BCUT2D eigenvalue weighted by atomic mass is 19.4. The summed E-state index contributed by atoms with van der Waals surface area (Å²) in [7, 11) is 0. The third-order valence-corrected chi connectivity index (χ3v) is 4.09. The SMILES string of the molecule is OC1(CCC2CC2)CCC(C(F)(F)F)CC1. The van der Waals surface area contributed by atoms with Crippen molar-refractivity contribution in [3.63, 3.8) is 0 Å². The first-order chi connectivity index (χ1) is 7.39. The van der Waals surface area contributed by atoms with Crippen LogP contribution in [0, 0.1) is 11.8 Å². The average molecular weight is 236 g/mol. The summed E-state index contributed by atoms with van der Waals surface area (Å²) in [6.07, 6.45) is 0.943. The summed E-state index contributed by atoms with van der Waals surface area (Å²) in [5.41, 5.74) is -0.801. The molecule has 0 aromatic heterocycles. The van der Waals surface area contributed by atoms with Crippen molar-refractivity contribution >= 4 is 0 Å². The van der Waals surface area contributed by atoms with E-state index in [1.54, 1.807) is 0 Å². The lowest BCUT2D eigenvalue weighted by Gasteiger charge is -2.36. The van der Waals surface area contributed by atoms with E-state index in [1.165, 1.54) is 12.8 Å². The molecule has 1 N–H and O–H groups in total. The predicted octanol–water partition coefficient (Wildman–Crippen LogP) is 3.66. The second-order valence-electron chi connectivity index (χ2n) is 5.52. The van der Waals surface area contributed by atoms with Crippen molar-refractivity contribution in [3.8, 4) is 0 Å². The van der Waals surface area contributed by atoms with E-state index in [1.807, 2.05) is 0 Å². The van der Waals surface area contributed by atoms with Gasteiger partial charge in [-0.25, -0.2) is 0 Å². The Morgan fingerprint density at radius 2 is 1.62 bits per heavy atom. The van der Waals surface area contributed by atoms with Gasteiger partial charge in [-0.1, -0.05) is 12.8 Å². The molecule has 94 valence electrons. The van der Waals surface area contributed by atoms with Crippen LogP contribution in [-0.4, -0.2) is 16.9 Å². The Hall–Kier alpha value is -0.250. The Labute approximate surface area is 94.0 Å². The second kappa shape index (κ2) is 4.21. The summed E-state index contributed by atoms with van der Waals surface area (Å²) in [5, 5.41) is 10.2. The largest absolute Gasteiger partial charge is 0.391 e. The Morgan fingerprint density at radius 3 is 2.06 bits per heavy atom. The maximum atomic E-state index is 12.4. The van der Waals surface area contributed by atoms with Crippen LogP contribution in [0.5, 0.6) is 0 Å². The highest BCUT2D eigenvalue weighted by Gasteiger charge is 2.45. The molecule has 2 aliphatic carbocycles. The van der Waals surface area contributed by atoms with E-state index in [-0.39, 0.29) is 12.8 Å². The molecule has 0 bridgehead atoms. The maximum absolute atomic E-state index is 12.4. The molecule has 1 nitrogen and oxygen atoms in total. The van der Waals surface area contributed by atoms with Crippen LogP contribution in [-0.2, 0) is 0 Å². The fourth-order valence-electron chi connectivity index (χ4n) is 2.61. The summed E-state index contributed by atoms with van der Waals surface area (Å²) in [6, 6.07) is 0. The number of aliphatic hydroxyl groups is 1. The number of rotatable bonds is 3. The van der Waals surface area contributed by atoms with Crippen LogP contribution >= 0.6 is 0 Å². The zero-order valence-electron chi connectivity index (χ0n) is 9.39. The van der Waals surface area contributed by atoms with Gasteiger partial charge in [-0.05, 0) is 44.4 Å². The molecule has 4 heteroatoms. The first-order valence-electron chi connectivity index (χ1n) is 6.18. The monoisotopic (exact) mass is 236 g/mol. The van der Waals surface area contributed by atoms with Gasteiger partial charge in [0.25, 0.3) is 0 Å². The van der Waals surface area contributed by atoms with Gasteiger partial charge in [0.1, 0.15) is 0 Å². The minimum absolute atomic E-state index is 0.102. The number of hydrogen-bond acceptors (Lipinski definition) is 1. The third kappa shape index (κ3) is 3.12. The third-order valence-electron chi connectivity index (χ3n) is 4.09. The van der Waals surface area contributed by atoms with E-state index >= 15 is 0 Å². The van der Waals surface area contributed by atoms with Gasteiger partial charge in [-0.15, -0.1) is 0 Å². The van der Waals surface area contributed by atoms with E-state index in [9.17, 15) is 18.3 Å². The van der Waals surface area contributed by atoms with Crippen LogP contribution < -0.4 is 0 Å². The quantitative estimate of drug-likeness (QED) is 0.792. The zero-order valence-corrected chi connectivity index (χ0v) is 9.39. The first kappa shape index (κ1) is 12.2. The van der Waals surface area contributed by atoms with Crippen LogP contribution in [0.15, 0.2) is 0 Å². The Kier molecular flexibility index (Phi) is 3.21. The first-order valence-corrected chi connectivity index (χ1v) is 6.18. The molecule has 2 saturated carbocycles. The summed E-state index contributed by atoms with van der Waals surface area (Å²) in [6.45, 7) is 0. The smallest absolute Gasteiger partial charge is 0.390 e. The molecule has 0 unspecified atom stereocenters. The van der Waals surface area contributed by atoms with Crippen LogP contribution in [0.4, 0.5) is 13.2 Å². The van der Waals surface area contributed by atoms with E-state index in [2.05, 4.69) is 0 Å². The zero-order chi connectivity index (χ0) is 11.8. The van der Waals surface area contributed by atoms with E-state index in [4.69, 9.17) is 0 Å². The van der Waals surface area contributed by atoms with E-state index in [0.29, 0.717) is 19.3 Å². The Morgan fingerprint density at radius 1 is 1.06 bits per heavy atom. The van der Waals surface area contributed by atoms with Crippen molar-refractivity contribution < 1.29 is 18.3 Å². The van der Waals surface area contributed by atoms with Crippen molar-refractivity contribution in [2.75, 3.05) is 0 Å². The minimum atomic E-state index is -4.07. The standard InChI is InChI=1S/C12H19F3O/c13-12(14,15)10-4-7-11(16,8-5-10)6-3-9-1-2-9/h9-10,16H,1-8H2. The van der Waals surface area contributed by atoms with Crippen LogP contribution in [0.2, 0.25) is 0 Å². The van der Waals surface area contributed by atoms with Crippen LogP contribution in [0.25, 0.3) is 0 Å². The molecule has 0 radical (unpaired) electrons. The summed E-state index contributed by atoms with van der Waals surface area (Å²) in [4.78, 5) is 0. The Bertz CT molecular complexity index is 237. The number of hydrogen-bond donors (Lipinski definition) is 1. The van der Waals surface area contributed by atoms with Gasteiger partial charge in [0.05, 0.1) is 11.5 Å². The molecule has 0 amide bonds. The molecule has 0 aromatic rings. The van der Waals surface area contributed by atoms with Crippen LogP contribution in [0.1, 0.15) is 51.4 Å². The number of alkyl halides is 3. The minimum Gasteiger partial charge on any atom is -0.390 e. The molecule has 2 fully saturated rings. The predicted molar refractivity (Wildman–Crippen MR) is 54.9 cm³/mol. The summed E-state index contributed by atoms with van der Waals surface area (Å²) < 4.78 is 37.3. The fourth-order valence-corrected chi connectivity index (χ4v) is 2.61. The molecule has 2 rings (SSSR count). The molecule has 16 heavy (non-hydrogen) atoms. The molecule has 0 spiro atoms. The topological polar surface area (TPSA) is 20.2 Å². The van der Waals surface area contributed by atoms with Gasteiger partial charge in [-0.2, -0.15) is 13.2 Å². The van der Waals surface area contributed by atoms with E-state index in [0.717, 1.165) is 12.3 Å². The Balaban J connectivity index is 1.78. The van der Waals surface area contributed by atoms with Crippen molar-refractivity contribution in [1.82, 2.24) is 0 Å². The highest BCUT2D eigenvalue weighted by molar-refractivity contribution is 4.89. The molecule has 2 aliphatic rings. The fraction of sp³-hybridized carbons (Fsp3) is 1.00. The summed E-state index contributed by atoms with van der Waals surface area (Å²) in [5.74, 6) is -0.446. The normalized spacial score (nSPS) is 36.4. The van der Waals surface area contributed by atoms with Gasteiger partial charge in [0.2, 0.25) is 0 Å². The molecule has 0 aromatic carbocycles. The number of halogens is 3. The molecule has 0 heterocycles. The highest BCUT2D eigenvalue weighted by Crippen LogP contribution is 2.44. The molecular weight excluding hydrogens is 217 g/mol. The van der Waals surface area contributed by atoms with Gasteiger partial charge in [-0.3, -0.25) is 0 Å². The molecule has 0 aliphatic heterocycles. The lowest BCUT2D eigenvalue weighted by atomic mass is 9.76. The lowest BCUT2D eigenvalue weighted by molar-refractivity contribution is -0.192. The van der Waals surface area contributed by atoms with Gasteiger partial charge < -0.3 is 5.11 Å². The summed E-state index contributed by atoms with van der Waals surface area (Å²) >= 11 is 0. The van der Waals surface area contributed by atoms with Crippen molar-refractivity contribution in [1.29, 1.82) is 0 Å². The molecular formula is C12H19F3O. The lowest BCUT2D eigenvalue weighted by Crippen LogP contribution is -2.38. The van der Waals surface area contributed by atoms with Crippen molar-refractivity contribution in [2.45, 2.75) is 63.1 Å². The second-order valence-corrected chi connectivity index (χ2v) is 5.52. The maximum Gasteiger partial charge on any atom is 0.391 e. The van der Waals surface area contributed by atoms with Gasteiger partial charge in [0, 0.05) is 0 Å². The van der Waals surface area contributed by atoms with Gasteiger partial charge in [0.15, 0.2) is 0 Å². The average Bonchev–Trinajstić information content (AvgIpc) is 2.97. The van der Waals surface area contributed by atoms with Crippen molar-refractivity contribution in [2.24, 2.45) is 11.8 Å². The van der Waals surface area contributed by atoms with Crippen LogP contribution in [0.3, 0.4) is 0 Å². The van der Waals surface area contributed by atoms with E-state index < -0.39 is 17.7 Å². The molecule has 0 atom stereocenters. The van der Waals surface area contributed by atoms with Gasteiger partial charge >= 0.3 is 6.18 Å². The molecule has 0 saturated heterocycles. The van der Waals surface area contributed by atoms with Crippen molar-refractivity contribution in [3.05, 3.63) is 0 Å².